The van der Waals surface area contributed by atoms with Crippen molar-refractivity contribution in [2.75, 3.05) is 20.8 Å². The van der Waals surface area contributed by atoms with Gasteiger partial charge in [0, 0.05) is 57.8 Å². The molecule has 0 aromatic rings. The summed E-state index contributed by atoms with van der Waals surface area (Å²) in [5.41, 5.74) is 1.39. The van der Waals surface area contributed by atoms with Gasteiger partial charge in [-0.05, 0) is 101 Å². The van der Waals surface area contributed by atoms with Crippen LogP contribution in [0.25, 0.3) is 0 Å². The molecule has 1 aliphatic carbocycles. The van der Waals surface area contributed by atoms with Crippen LogP contribution in [0.1, 0.15) is 126 Å². The molecule has 14 atom stereocenters. The number of aliphatic hydroxyl groups excluding tert-OH is 2. The van der Waals surface area contributed by atoms with Crippen LogP contribution in [-0.4, -0.2) is 119 Å². The quantitative estimate of drug-likeness (QED) is 0.163. The number of cyclic esters (lactones) is 1. The number of aliphatic hydroxyl groups is 3. The normalized spacial score (nSPS) is 40.4. The number of hydrogen-bond acceptors (Lipinski definition) is 12. The van der Waals surface area contributed by atoms with Gasteiger partial charge in [-0.2, -0.15) is 0 Å². The van der Waals surface area contributed by atoms with E-state index in [0.717, 1.165) is 12.0 Å². The molecule has 1 saturated carbocycles. The van der Waals surface area contributed by atoms with E-state index in [2.05, 4.69) is 0 Å². The van der Waals surface area contributed by atoms with Crippen LogP contribution in [0.15, 0.2) is 47.6 Å². The Morgan fingerprint density at radius 3 is 2.27 bits per heavy atom. The Morgan fingerprint density at radius 2 is 1.58 bits per heavy atom. The summed E-state index contributed by atoms with van der Waals surface area (Å²) in [6.07, 6.45) is 12.2. The molecule has 3 heterocycles. The van der Waals surface area contributed by atoms with E-state index in [4.69, 9.17) is 18.9 Å². The topological polar surface area (TPSA) is 186 Å². The fourth-order valence-electron chi connectivity index (χ4n) is 9.61. The molecular weight excluding hydrogens is 795 g/mol. The summed E-state index contributed by atoms with van der Waals surface area (Å²) >= 11 is 0. The van der Waals surface area contributed by atoms with Crippen LogP contribution in [0, 0.1) is 35.5 Å². The third-order valence-corrected chi connectivity index (χ3v) is 13.9. The Morgan fingerprint density at radius 1 is 0.855 bits per heavy atom. The van der Waals surface area contributed by atoms with E-state index in [1.807, 2.05) is 58.1 Å². The molecular formula is C49H75NO12. The molecule has 348 valence electrons. The van der Waals surface area contributed by atoms with E-state index in [1.54, 1.807) is 41.1 Å². The molecule has 0 aromatic carbocycles. The lowest BCUT2D eigenvalue weighted by Gasteiger charge is -2.41. The van der Waals surface area contributed by atoms with Crippen molar-refractivity contribution in [2.24, 2.45) is 35.5 Å². The smallest absolute Gasteiger partial charge is 0.329 e. The number of ether oxygens (including phenoxy) is 4. The fraction of sp³-hybridized carbons (Fsp3) is 0.735. The van der Waals surface area contributed by atoms with Gasteiger partial charge in [-0.1, -0.05) is 71.1 Å². The number of esters is 1. The summed E-state index contributed by atoms with van der Waals surface area (Å²) in [7, 11) is 3.15. The third kappa shape index (κ3) is 13.6. The van der Waals surface area contributed by atoms with E-state index in [1.165, 1.54) is 4.90 Å². The van der Waals surface area contributed by atoms with Crippen LogP contribution in [0.4, 0.5) is 0 Å². The molecule has 62 heavy (non-hydrogen) atoms. The van der Waals surface area contributed by atoms with Gasteiger partial charge in [0.2, 0.25) is 5.79 Å². The number of nitrogens with zero attached hydrogens (tertiary/aromatic N) is 1. The molecule has 1 amide bonds. The van der Waals surface area contributed by atoms with Gasteiger partial charge >= 0.3 is 5.97 Å². The largest absolute Gasteiger partial charge is 0.460 e. The first kappa shape index (κ1) is 51.3. The summed E-state index contributed by atoms with van der Waals surface area (Å²) in [6, 6.07) is -1.11. The van der Waals surface area contributed by atoms with Crippen molar-refractivity contribution >= 4 is 29.2 Å². The number of carbonyl (C=O) groups excluding carboxylic acids is 5. The van der Waals surface area contributed by atoms with Gasteiger partial charge < -0.3 is 39.2 Å². The summed E-state index contributed by atoms with van der Waals surface area (Å²) < 4.78 is 23.6. The van der Waals surface area contributed by atoms with Gasteiger partial charge in [-0.25, -0.2) is 4.79 Å². The number of Topliss-reactive ketones (excluding diaryl/α,β-unsaturated/α-hetero) is 3. The molecule has 3 aliphatic heterocycles. The summed E-state index contributed by atoms with van der Waals surface area (Å²) in [5.74, 6) is -7.37. The number of methoxy groups -OCH3 is 2. The number of hydrogen-bond donors (Lipinski definition) is 3. The van der Waals surface area contributed by atoms with Crippen molar-refractivity contribution in [2.45, 2.75) is 174 Å². The van der Waals surface area contributed by atoms with Crippen molar-refractivity contribution in [3.8, 4) is 0 Å². The molecule has 0 spiro atoms. The number of carbonyl (C=O) groups is 5. The van der Waals surface area contributed by atoms with E-state index in [-0.39, 0.29) is 67.1 Å². The zero-order valence-corrected chi connectivity index (χ0v) is 38.6. The predicted octanol–water partition coefficient (Wildman–Crippen LogP) is 6.17. The lowest BCUT2D eigenvalue weighted by Crippen LogP contribution is -2.59. The van der Waals surface area contributed by atoms with Crippen LogP contribution >= 0.6 is 0 Å². The fourth-order valence-corrected chi connectivity index (χ4v) is 9.61. The zero-order valence-electron chi connectivity index (χ0n) is 38.6. The summed E-state index contributed by atoms with van der Waals surface area (Å²) in [6.45, 7) is 12.9. The van der Waals surface area contributed by atoms with Crippen molar-refractivity contribution < 1.29 is 58.2 Å². The molecule has 2 bridgehead atoms. The molecule has 2 saturated heterocycles. The molecule has 13 nitrogen and oxygen atoms in total. The number of amides is 1. The predicted molar refractivity (Wildman–Crippen MR) is 234 cm³/mol. The second-order valence-corrected chi connectivity index (χ2v) is 18.9. The van der Waals surface area contributed by atoms with Crippen molar-refractivity contribution in [3.63, 3.8) is 0 Å². The second-order valence-electron chi connectivity index (χ2n) is 18.9. The van der Waals surface area contributed by atoms with Gasteiger partial charge in [-0.3, -0.25) is 19.2 Å². The Labute approximate surface area is 369 Å². The molecule has 0 aromatic heterocycles. The van der Waals surface area contributed by atoms with Gasteiger partial charge in [-0.15, -0.1) is 0 Å². The standard InChI is InChI=1S/C49H75NO12/c1-29-14-11-10-12-15-30(2)43(59-8)26-37-19-17-35(7)49(58,62-37)46(55)47(56)50-21-13-16-38(50)48(57)61-44(34(6)24-36-18-20-39(51)45(25-36)60-9)28-42(54)33(5)23-32(4)41(53)27-40(52)31(3)22-29/h10-12,14-15,23,29,31,33-39,41,43-45,51,53,58H,13,16-22,24-28H2,1-9H3/b12-10+,14-11-,30-15+,32-23-/t29-,31-,33-,34-,35-,36?,37+,38+,39+,41+,43+,44+,45+,49-/m1/s1. The molecule has 3 fully saturated rings. The van der Waals surface area contributed by atoms with E-state index < -0.39 is 71.8 Å². The number of fused-ring (bicyclic) bond motifs is 3. The average Bonchev–Trinajstić information content (AvgIpc) is 3.73. The van der Waals surface area contributed by atoms with Crippen molar-refractivity contribution in [3.05, 3.63) is 47.6 Å². The van der Waals surface area contributed by atoms with E-state index in [0.29, 0.717) is 56.9 Å². The minimum absolute atomic E-state index is 0.0733. The maximum absolute atomic E-state index is 14.2. The molecule has 1 unspecified atom stereocenters. The first-order valence-corrected chi connectivity index (χ1v) is 22.9. The van der Waals surface area contributed by atoms with Crippen LogP contribution in [0.3, 0.4) is 0 Å². The minimum atomic E-state index is -2.41. The number of rotatable bonds is 5. The SMILES string of the molecule is CO[C@H]1C[C@@H]2CC[C@@H](C)[C@@](O)(O2)C(=O)C(=O)N2CCC[C@H]2C(=O)O[C@H]([C@H](C)CC2CC[C@H](O)[C@@H](OC)C2)CC(=O)[C@H](C)/C=C(/C)[C@@H](O)CC(=O)[C@H](C)C[C@H](C)\C=C/C=C/C=C/1C. The molecule has 13 heteroatoms. The minimum Gasteiger partial charge on any atom is -0.460 e. The highest BCUT2D eigenvalue weighted by Crippen LogP contribution is 2.38. The van der Waals surface area contributed by atoms with Crippen molar-refractivity contribution in [1.29, 1.82) is 0 Å². The lowest BCUT2D eigenvalue weighted by molar-refractivity contribution is -0.265. The maximum atomic E-state index is 14.2. The van der Waals surface area contributed by atoms with Crippen molar-refractivity contribution in [1.82, 2.24) is 4.90 Å². The Kier molecular flexibility index (Phi) is 19.5. The highest BCUT2D eigenvalue weighted by atomic mass is 16.6. The first-order chi connectivity index (χ1) is 29.3. The van der Waals surface area contributed by atoms with Crippen LogP contribution < -0.4 is 0 Å². The van der Waals surface area contributed by atoms with Gasteiger partial charge in [0.1, 0.15) is 23.7 Å². The van der Waals surface area contributed by atoms with Crippen LogP contribution in [0.5, 0.6) is 0 Å². The second kappa shape index (κ2) is 23.6. The monoisotopic (exact) mass is 870 g/mol. The average molecular weight is 870 g/mol. The van der Waals surface area contributed by atoms with Crippen LogP contribution in [-0.2, 0) is 42.9 Å². The van der Waals surface area contributed by atoms with Gasteiger partial charge in [0.15, 0.2) is 0 Å². The maximum Gasteiger partial charge on any atom is 0.329 e. The Hall–Kier alpha value is -3.33. The lowest BCUT2D eigenvalue weighted by atomic mass is 9.78. The highest BCUT2D eigenvalue weighted by molar-refractivity contribution is 6.39. The molecule has 3 N–H and O–H groups in total. The van der Waals surface area contributed by atoms with Gasteiger partial charge in [0.05, 0.1) is 30.5 Å². The van der Waals surface area contributed by atoms with E-state index >= 15 is 0 Å². The zero-order chi connectivity index (χ0) is 45.9. The van der Waals surface area contributed by atoms with Crippen LogP contribution in [0.2, 0.25) is 0 Å². The molecule has 0 radical (unpaired) electrons. The number of ketones is 3. The van der Waals surface area contributed by atoms with Gasteiger partial charge in [0.25, 0.3) is 11.7 Å². The Bertz CT molecular complexity index is 1690. The summed E-state index contributed by atoms with van der Waals surface area (Å²) in [4.78, 5) is 70.6. The molecule has 4 rings (SSSR count). The first-order valence-electron chi connectivity index (χ1n) is 22.9. The van der Waals surface area contributed by atoms with E-state index in [9.17, 15) is 39.3 Å². The Balaban J connectivity index is 1.65. The third-order valence-electron chi connectivity index (χ3n) is 13.9. The number of allylic oxidation sites excluding steroid dienone is 6. The molecule has 4 aliphatic rings. The highest BCUT2D eigenvalue weighted by Gasteiger charge is 2.53. The summed E-state index contributed by atoms with van der Waals surface area (Å²) in [5, 5.41) is 33.3.